The third-order valence-corrected chi connectivity index (χ3v) is 3.81. The molecular weight excluding hydrogens is 358 g/mol. The molecule has 0 aliphatic carbocycles. The van der Waals surface area contributed by atoms with Crippen LogP contribution < -0.4 is 14.2 Å². The molecular formula is C15H10F6O4. The monoisotopic (exact) mass is 368 g/mol. The van der Waals surface area contributed by atoms with E-state index in [1.807, 2.05) is 0 Å². The normalized spacial score (nSPS) is 16.5. The van der Waals surface area contributed by atoms with Crippen LogP contribution in [0.3, 0.4) is 0 Å². The van der Waals surface area contributed by atoms with Crippen molar-refractivity contribution in [3.8, 4) is 17.2 Å². The molecule has 0 amide bonds. The molecule has 0 bridgehead atoms. The summed E-state index contributed by atoms with van der Waals surface area (Å²) in [5.74, 6) is -1.15. The van der Waals surface area contributed by atoms with Crippen LogP contribution in [0.2, 0.25) is 0 Å². The largest absolute Gasteiger partial charge is 0.495 e. The van der Waals surface area contributed by atoms with Crippen LogP contribution in [-0.4, -0.2) is 32.2 Å². The summed E-state index contributed by atoms with van der Waals surface area (Å²) in [5, 5.41) is 0.317. The Morgan fingerprint density at radius 3 is 2.08 bits per heavy atom. The second-order valence-corrected chi connectivity index (χ2v) is 5.14. The predicted octanol–water partition coefficient (Wildman–Crippen LogP) is 4.72. The SMILES string of the molecule is COc1c2c(c(OC)c3occc13)OC(C(F)(F)F)(C(F)(F)F)C=C2. The van der Waals surface area contributed by atoms with E-state index in [1.54, 1.807) is 0 Å². The summed E-state index contributed by atoms with van der Waals surface area (Å²) in [6.45, 7) is 0. The third-order valence-electron chi connectivity index (χ3n) is 3.81. The standard InChI is InChI=1S/C15H10F6O4/c1-22-9-7-3-5-13(14(16,17)18,15(19,20)21)25-11(7)12(23-2)10-8(9)4-6-24-10/h3-6H,1-2H3. The van der Waals surface area contributed by atoms with E-state index in [0.717, 1.165) is 7.11 Å². The molecule has 3 rings (SSSR count). The summed E-state index contributed by atoms with van der Waals surface area (Å²) in [7, 11) is 2.30. The molecule has 0 N–H and O–H groups in total. The van der Waals surface area contributed by atoms with E-state index in [-0.39, 0.29) is 23.0 Å². The van der Waals surface area contributed by atoms with Crippen LogP contribution in [0.25, 0.3) is 17.0 Å². The number of alkyl halides is 6. The van der Waals surface area contributed by atoms with Crippen molar-refractivity contribution >= 4 is 17.0 Å². The molecule has 0 saturated carbocycles. The van der Waals surface area contributed by atoms with Gasteiger partial charge in [0.05, 0.1) is 31.4 Å². The fraction of sp³-hybridized carbons (Fsp3) is 0.333. The molecule has 0 atom stereocenters. The number of fused-ring (bicyclic) bond motifs is 2. The maximum absolute atomic E-state index is 13.3. The van der Waals surface area contributed by atoms with Gasteiger partial charge in [-0.25, -0.2) is 0 Å². The Balaban J connectivity index is 2.35. The van der Waals surface area contributed by atoms with Gasteiger partial charge in [0.25, 0.3) is 0 Å². The van der Waals surface area contributed by atoms with Crippen LogP contribution in [0, 0.1) is 0 Å². The number of benzene rings is 1. The zero-order chi connectivity index (χ0) is 18.6. The van der Waals surface area contributed by atoms with Crippen LogP contribution in [0.1, 0.15) is 5.56 Å². The molecule has 0 saturated heterocycles. The van der Waals surface area contributed by atoms with Crippen molar-refractivity contribution in [2.75, 3.05) is 14.2 Å². The van der Waals surface area contributed by atoms with E-state index in [4.69, 9.17) is 13.9 Å². The van der Waals surface area contributed by atoms with Crippen LogP contribution in [-0.2, 0) is 0 Å². The molecule has 25 heavy (non-hydrogen) atoms. The first kappa shape index (κ1) is 17.3. The molecule has 2 heterocycles. The molecule has 1 aliphatic rings. The average Bonchev–Trinajstić information content (AvgIpc) is 2.98. The lowest BCUT2D eigenvalue weighted by Gasteiger charge is -2.38. The van der Waals surface area contributed by atoms with E-state index in [0.29, 0.717) is 11.5 Å². The Labute approximate surface area is 136 Å². The van der Waals surface area contributed by atoms with Crippen LogP contribution in [0.5, 0.6) is 17.2 Å². The Morgan fingerprint density at radius 2 is 1.56 bits per heavy atom. The number of ether oxygens (including phenoxy) is 3. The molecule has 136 valence electrons. The van der Waals surface area contributed by atoms with Gasteiger partial charge >= 0.3 is 18.0 Å². The van der Waals surface area contributed by atoms with Crippen LogP contribution >= 0.6 is 0 Å². The highest BCUT2D eigenvalue weighted by molar-refractivity contribution is 5.97. The van der Waals surface area contributed by atoms with Crippen molar-refractivity contribution in [3.63, 3.8) is 0 Å². The van der Waals surface area contributed by atoms with Crippen LogP contribution in [0.15, 0.2) is 22.8 Å². The second kappa shape index (κ2) is 5.24. The van der Waals surface area contributed by atoms with Gasteiger partial charge < -0.3 is 18.6 Å². The second-order valence-electron chi connectivity index (χ2n) is 5.14. The molecule has 1 aromatic carbocycles. The first-order chi connectivity index (χ1) is 11.6. The van der Waals surface area contributed by atoms with Gasteiger partial charge in [0, 0.05) is 0 Å². The summed E-state index contributed by atoms with van der Waals surface area (Å²) < 4.78 is 99.3. The molecule has 0 fully saturated rings. The fourth-order valence-electron chi connectivity index (χ4n) is 2.66. The Hall–Kier alpha value is -2.52. The summed E-state index contributed by atoms with van der Waals surface area (Å²) in [4.78, 5) is 0. The number of halogens is 6. The smallest absolute Gasteiger partial charge is 0.441 e. The van der Waals surface area contributed by atoms with Gasteiger partial charge in [-0.2, -0.15) is 26.3 Å². The zero-order valence-corrected chi connectivity index (χ0v) is 12.7. The lowest BCUT2D eigenvalue weighted by atomic mass is 9.95. The van der Waals surface area contributed by atoms with Gasteiger partial charge in [-0.1, -0.05) is 0 Å². The molecule has 1 aromatic heterocycles. The van der Waals surface area contributed by atoms with E-state index < -0.39 is 29.5 Å². The van der Waals surface area contributed by atoms with E-state index >= 15 is 0 Å². The van der Waals surface area contributed by atoms with Crippen LogP contribution in [0.4, 0.5) is 26.3 Å². The Kier molecular flexibility index (Phi) is 3.63. The lowest BCUT2D eigenvalue weighted by molar-refractivity contribution is -0.338. The quantitative estimate of drug-likeness (QED) is 0.720. The number of furan rings is 1. The van der Waals surface area contributed by atoms with Crippen molar-refractivity contribution in [2.24, 2.45) is 0 Å². The lowest BCUT2D eigenvalue weighted by Crippen LogP contribution is -2.60. The third kappa shape index (κ3) is 2.23. The van der Waals surface area contributed by atoms with Gasteiger partial charge in [-0.05, 0) is 18.2 Å². The number of methoxy groups -OCH3 is 2. The maximum Gasteiger partial charge on any atom is 0.441 e. The highest BCUT2D eigenvalue weighted by Gasteiger charge is 2.73. The molecule has 2 aromatic rings. The predicted molar refractivity (Wildman–Crippen MR) is 73.8 cm³/mol. The van der Waals surface area contributed by atoms with E-state index in [1.165, 1.54) is 19.4 Å². The summed E-state index contributed by atoms with van der Waals surface area (Å²) >= 11 is 0. The topological polar surface area (TPSA) is 40.8 Å². The van der Waals surface area contributed by atoms with Gasteiger partial charge in [0.2, 0.25) is 5.75 Å². The van der Waals surface area contributed by atoms with Crippen molar-refractivity contribution in [1.82, 2.24) is 0 Å². The fourth-order valence-corrected chi connectivity index (χ4v) is 2.66. The summed E-state index contributed by atoms with van der Waals surface area (Å²) in [6, 6.07) is 1.44. The van der Waals surface area contributed by atoms with Gasteiger partial charge in [-0.15, -0.1) is 0 Å². The molecule has 10 heteroatoms. The first-order valence-electron chi connectivity index (χ1n) is 6.74. The Bertz CT molecular complexity index is 832. The molecule has 4 nitrogen and oxygen atoms in total. The maximum atomic E-state index is 13.3. The zero-order valence-electron chi connectivity index (χ0n) is 12.7. The first-order valence-corrected chi connectivity index (χ1v) is 6.74. The van der Waals surface area contributed by atoms with Gasteiger partial charge in [0.1, 0.15) is 5.75 Å². The van der Waals surface area contributed by atoms with E-state index in [9.17, 15) is 26.3 Å². The highest BCUT2D eigenvalue weighted by atomic mass is 19.4. The minimum Gasteiger partial charge on any atom is -0.495 e. The number of hydrogen-bond acceptors (Lipinski definition) is 4. The number of hydrogen-bond donors (Lipinski definition) is 0. The Morgan fingerprint density at radius 1 is 0.960 bits per heavy atom. The molecule has 0 spiro atoms. The van der Waals surface area contributed by atoms with Crippen molar-refractivity contribution in [2.45, 2.75) is 18.0 Å². The van der Waals surface area contributed by atoms with Gasteiger partial charge in [-0.3, -0.25) is 0 Å². The minimum absolute atomic E-state index is 0.00810. The van der Waals surface area contributed by atoms with E-state index in [2.05, 4.69) is 4.74 Å². The van der Waals surface area contributed by atoms with Crippen molar-refractivity contribution < 1.29 is 45.0 Å². The minimum atomic E-state index is -5.75. The van der Waals surface area contributed by atoms with Gasteiger partial charge in [0.15, 0.2) is 11.3 Å². The summed E-state index contributed by atoms with van der Waals surface area (Å²) in [6.07, 6.45) is -9.73. The average molecular weight is 368 g/mol. The molecule has 1 aliphatic heterocycles. The van der Waals surface area contributed by atoms with Crippen molar-refractivity contribution in [3.05, 3.63) is 24.0 Å². The van der Waals surface area contributed by atoms with Crippen molar-refractivity contribution in [1.29, 1.82) is 0 Å². The molecule has 0 radical (unpaired) electrons. The highest BCUT2D eigenvalue weighted by Crippen LogP contribution is 2.56. The summed E-state index contributed by atoms with van der Waals surface area (Å²) in [5.41, 5.74) is -4.71. The number of rotatable bonds is 2. The molecule has 0 unspecified atom stereocenters.